The number of likely N-dealkylation sites (tertiary alicyclic amines) is 1. The molecule has 1 N–H and O–H groups in total. The Morgan fingerprint density at radius 1 is 1.29 bits per heavy atom. The first kappa shape index (κ1) is 20.8. The molecule has 0 radical (unpaired) electrons. The number of pyridine rings is 1. The number of aryl methyl sites for hydroxylation is 1. The maximum atomic E-state index is 13.0. The lowest BCUT2D eigenvalue weighted by Crippen LogP contribution is -2.45. The van der Waals surface area contributed by atoms with Gasteiger partial charge in [0.05, 0.1) is 22.2 Å². The summed E-state index contributed by atoms with van der Waals surface area (Å²) < 4.78 is 1.78. The average molecular weight is 442 g/mol. The van der Waals surface area contributed by atoms with E-state index in [1.807, 2.05) is 0 Å². The second-order valence-electron chi connectivity index (χ2n) is 7.48. The quantitative estimate of drug-likeness (QED) is 0.483. The van der Waals surface area contributed by atoms with Crippen LogP contribution in [0.1, 0.15) is 34.5 Å². The lowest BCUT2D eigenvalue weighted by atomic mass is 10.1. The molecule has 3 heterocycles. The number of nitrogens with zero attached hydrogens (tertiary/aromatic N) is 4. The number of hydrogen-bond donors (Lipinski definition) is 1. The van der Waals surface area contributed by atoms with E-state index in [0.29, 0.717) is 41.2 Å². The first-order valence-corrected chi connectivity index (χ1v) is 10.2. The predicted octanol–water partition coefficient (Wildman–Crippen LogP) is 3.13. The number of rotatable bonds is 5. The van der Waals surface area contributed by atoms with Crippen LogP contribution in [0.15, 0.2) is 42.7 Å². The maximum absolute atomic E-state index is 13.0. The second kappa shape index (κ2) is 8.35. The van der Waals surface area contributed by atoms with Crippen molar-refractivity contribution < 1.29 is 14.5 Å². The largest absolute Gasteiger partial charge is 0.349 e. The van der Waals surface area contributed by atoms with Crippen LogP contribution < -0.4 is 5.32 Å². The zero-order chi connectivity index (χ0) is 22.1. The molecule has 3 aromatic rings. The van der Waals surface area contributed by atoms with Gasteiger partial charge in [0.15, 0.2) is 0 Å². The Morgan fingerprint density at radius 3 is 2.84 bits per heavy atom. The van der Waals surface area contributed by atoms with Crippen molar-refractivity contribution >= 4 is 34.7 Å². The standard InChI is InChI=1S/C21H20ClN5O4/c1-13-9-14(4-6-17(13)27(30)31)21(29)26-8-2-3-18(26)20(28)23-10-16-12-25-11-15(22)5-7-19(25)24-16/h4-7,9,11-12,18H,2-3,8,10H2,1H3,(H,23,28). The molecule has 1 saturated heterocycles. The SMILES string of the molecule is Cc1cc(C(=O)N2CCCC2C(=O)NCc2cn3cc(Cl)ccc3n2)ccc1[N+](=O)[O-]. The molecule has 0 aliphatic carbocycles. The number of nitro groups is 1. The highest BCUT2D eigenvalue weighted by atomic mass is 35.5. The Bertz CT molecular complexity index is 1190. The summed E-state index contributed by atoms with van der Waals surface area (Å²) in [6, 6.07) is 7.20. The molecule has 9 nitrogen and oxygen atoms in total. The summed E-state index contributed by atoms with van der Waals surface area (Å²) in [5, 5.41) is 14.4. The van der Waals surface area contributed by atoms with Gasteiger partial charge in [-0.3, -0.25) is 19.7 Å². The molecular formula is C21H20ClN5O4. The van der Waals surface area contributed by atoms with Crippen LogP contribution >= 0.6 is 11.6 Å². The lowest BCUT2D eigenvalue weighted by molar-refractivity contribution is -0.385. The van der Waals surface area contributed by atoms with E-state index in [-0.39, 0.29) is 24.0 Å². The van der Waals surface area contributed by atoms with Gasteiger partial charge in [-0.25, -0.2) is 4.98 Å². The van der Waals surface area contributed by atoms with Gasteiger partial charge in [-0.2, -0.15) is 0 Å². The molecule has 1 fully saturated rings. The number of aromatic nitrogens is 2. The average Bonchev–Trinajstić information content (AvgIpc) is 3.37. The van der Waals surface area contributed by atoms with Crippen molar-refractivity contribution in [2.45, 2.75) is 32.4 Å². The smallest absolute Gasteiger partial charge is 0.272 e. The van der Waals surface area contributed by atoms with Crippen molar-refractivity contribution in [2.24, 2.45) is 0 Å². The minimum atomic E-state index is -0.588. The van der Waals surface area contributed by atoms with E-state index in [1.165, 1.54) is 23.1 Å². The minimum absolute atomic E-state index is 0.0407. The summed E-state index contributed by atoms with van der Waals surface area (Å²) in [6.07, 6.45) is 4.80. The molecule has 0 spiro atoms. The fourth-order valence-electron chi connectivity index (χ4n) is 3.84. The van der Waals surface area contributed by atoms with E-state index >= 15 is 0 Å². The fourth-order valence-corrected chi connectivity index (χ4v) is 4.01. The van der Waals surface area contributed by atoms with E-state index in [4.69, 9.17) is 11.6 Å². The highest BCUT2D eigenvalue weighted by Gasteiger charge is 2.34. The van der Waals surface area contributed by atoms with Crippen LogP contribution in [0.3, 0.4) is 0 Å². The van der Waals surface area contributed by atoms with Crippen LogP contribution in [0.5, 0.6) is 0 Å². The third kappa shape index (κ3) is 4.22. The first-order chi connectivity index (χ1) is 14.8. The Hall–Kier alpha value is -3.46. The molecular weight excluding hydrogens is 422 g/mol. The van der Waals surface area contributed by atoms with Gasteiger partial charge in [0, 0.05) is 36.1 Å². The molecule has 0 bridgehead atoms. The molecule has 160 valence electrons. The number of nitrogens with one attached hydrogen (secondary N) is 1. The number of imidazole rings is 1. The van der Waals surface area contributed by atoms with Crippen LogP contribution in [0.2, 0.25) is 5.02 Å². The van der Waals surface area contributed by atoms with Gasteiger partial charge in [-0.15, -0.1) is 0 Å². The van der Waals surface area contributed by atoms with Gasteiger partial charge in [0.25, 0.3) is 11.6 Å². The van der Waals surface area contributed by atoms with Gasteiger partial charge >= 0.3 is 0 Å². The molecule has 0 saturated carbocycles. The Kier molecular flexibility index (Phi) is 5.60. The number of halogens is 1. The summed E-state index contributed by atoms with van der Waals surface area (Å²) >= 11 is 5.98. The Labute approximate surface area is 182 Å². The van der Waals surface area contributed by atoms with Crippen LogP contribution in [-0.4, -0.2) is 43.6 Å². The first-order valence-electron chi connectivity index (χ1n) is 9.80. The molecule has 1 aliphatic heterocycles. The zero-order valence-electron chi connectivity index (χ0n) is 16.7. The van der Waals surface area contributed by atoms with Crippen molar-refractivity contribution in [1.82, 2.24) is 19.6 Å². The van der Waals surface area contributed by atoms with E-state index < -0.39 is 11.0 Å². The molecule has 2 aromatic heterocycles. The summed E-state index contributed by atoms with van der Waals surface area (Å²) in [6.45, 7) is 2.28. The van der Waals surface area contributed by atoms with Gasteiger partial charge in [-0.1, -0.05) is 11.6 Å². The Morgan fingerprint density at radius 2 is 2.10 bits per heavy atom. The third-order valence-electron chi connectivity index (χ3n) is 5.37. The normalized spacial score (nSPS) is 15.9. The van der Waals surface area contributed by atoms with E-state index in [9.17, 15) is 19.7 Å². The molecule has 2 amide bonds. The number of amides is 2. The van der Waals surface area contributed by atoms with Crippen LogP contribution in [-0.2, 0) is 11.3 Å². The molecule has 1 atom stereocenters. The second-order valence-corrected chi connectivity index (χ2v) is 7.91. The molecule has 1 aliphatic rings. The van der Waals surface area contributed by atoms with Crippen molar-refractivity contribution in [3.05, 3.63) is 74.7 Å². The molecule has 10 heteroatoms. The zero-order valence-corrected chi connectivity index (χ0v) is 17.5. The van der Waals surface area contributed by atoms with E-state index in [1.54, 1.807) is 35.9 Å². The van der Waals surface area contributed by atoms with Crippen molar-refractivity contribution in [3.63, 3.8) is 0 Å². The number of carbonyl (C=O) groups excluding carboxylic acids is 2. The fraction of sp³-hybridized carbons (Fsp3) is 0.286. The molecule has 31 heavy (non-hydrogen) atoms. The van der Waals surface area contributed by atoms with Gasteiger partial charge < -0.3 is 14.6 Å². The summed E-state index contributed by atoms with van der Waals surface area (Å²) in [4.78, 5) is 42.3. The third-order valence-corrected chi connectivity index (χ3v) is 5.59. The van der Waals surface area contributed by atoms with Crippen molar-refractivity contribution in [2.75, 3.05) is 6.54 Å². The van der Waals surface area contributed by atoms with Crippen LogP contribution in [0.4, 0.5) is 5.69 Å². The number of carbonyl (C=O) groups is 2. The van der Waals surface area contributed by atoms with Gasteiger partial charge in [0.1, 0.15) is 11.7 Å². The molecule has 1 unspecified atom stereocenters. The van der Waals surface area contributed by atoms with Crippen LogP contribution in [0, 0.1) is 17.0 Å². The van der Waals surface area contributed by atoms with Crippen LogP contribution in [0.25, 0.3) is 5.65 Å². The number of fused-ring (bicyclic) bond motifs is 1. The summed E-state index contributed by atoms with van der Waals surface area (Å²) in [7, 11) is 0. The van der Waals surface area contributed by atoms with Crippen molar-refractivity contribution in [3.8, 4) is 0 Å². The maximum Gasteiger partial charge on any atom is 0.272 e. The molecule has 1 aromatic carbocycles. The summed E-state index contributed by atoms with van der Waals surface area (Å²) in [5.74, 6) is -0.558. The number of hydrogen-bond acceptors (Lipinski definition) is 5. The van der Waals surface area contributed by atoms with Crippen molar-refractivity contribution in [1.29, 1.82) is 0 Å². The summed E-state index contributed by atoms with van der Waals surface area (Å²) in [5.41, 5.74) is 2.10. The predicted molar refractivity (Wildman–Crippen MR) is 114 cm³/mol. The monoisotopic (exact) mass is 441 g/mol. The molecule has 4 rings (SSSR count). The number of nitro benzene ring substituents is 1. The minimum Gasteiger partial charge on any atom is -0.349 e. The lowest BCUT2D eigenvalue weighted by Gasteiger charge is -2.24. The van der Waals surface area contributed by atoms with Gasteiger partial charge in [0.2, 0.25) is 5.91 Å². The number of benzene rings is 1. The highest BCUT2D eigenvalue weighted by Crippen LogP contribution is 2.24. The highest BCUT2D eigenvalue weighted by molar-refractivity contribution is 6.30. The van der Waals surface area contributed by atoms with E-state index in [2.05, 4.69) is 10.3 Å². The van der Waals surface area contributed by atoms with Gasteiger partial charge in [-0.05, 0) is 44.0 Å². The van der Waals surface area contributed by atoms with E-state index in [0.717, 1.165) is 5.65 Å². The Balaban J connectivity index is 1.44. The topological polar surface area (TPSA) is 110 Å².